The average Bonchev–Trinajstić information content (AvgIpc) is 2.78. The van der Waals surface area contributed by atoms with E-state index in [1.165, 1.54) is 5.56 Å². The van der Waals surface area contributed by atoms with E-state index in [-0.39, 0.29) is 5.91 Å². The molecule has 1 heterocycles. The number of hydrogen-bond acceptors (Lipinski definition) is 4. The van der Waals surface area contributed by atoms with Crippen LogP contribution in [0.1, 0.15) is 36.8 Å². The maximum absolute atomic E-state index is 12.1. The SMILES string of the molecule is COc1ccc(CN2CCC(CNC(=O)CCCOc3ccccc3C)CC2)cc1. The molecule has 0 atom stereocenters. The molecule has 1 aliphatic heterocycles. The Morgan fingerprint density at radius 3 is 2.53 bits per heavy atom. The highest BCUT2D eigenvalue weighted by atomic mass is 16.5. The Morgan fingerprint density at radius 2 is 1.83 bits per heavy atom. The molecule has 2 aromatic rings. The molecule has 1 amide bonds. The predicted molar refractivity (Wildman–Crippen MR) is 120 cm³/mol. The molecule has 5 nitrogen and oxygen atoms in total. The summed E-state index contributed by atoms with van der Waals surface area (Å²) < 4.78 is 11.0. The van der Waals surface area contributed by atoms with E-state index in [0.717, 1.165) is 62.5 Å². The molecule has 0 spiro atoms. The Morgan fingerprint density at radius 1 is 1.10 bits per heavy atom. The molecule has 3 rings (SSSR count). The second kappa shape index (κ2) is 11.6. The van der Waals surface area contributed by atoms with Crippen LogP contribution in [-0.2, 0) is 11.3 Å². The van der Waals surface area contributed by atoms with Gasteiger partial charge in [-0.2, -0.15) is 0 Å². The monoisotopic (exact) mass is 410 g/mol. The summed E-state index contributed by atoms with van der Waals surface area (Å²) in [6.45, 7) is 6.53. The second-order valence-corrected chi connectivity index (χ2v) is 8.09. The average molecular weight is 411 g/mol. The molecule has 1 N–H and O–H groups in total. The van der Waals surface area contributed by atoms with Crippen LogP contribution in [0.2, 0.25) is 0 Å². The van der Waals surface area contributed by atoms with E-state index in [9.17, 15) is 4.79 Å². The lowest BCUT2D eigenvalue weighted by Crippen LogP contribution is -2.38. The summed E-state index contributed by atoms with van der Waals surface area (Å²) in [5.74, 6) is 2.50. The van der Waals surface area contributed by atoms with Crippen LogP contribution in [0.4, 0.5) is 0 Å². The molecule has 5 heteroatoms. The fraction of sp³-hybridized carbons (Fsp3) is 0.480. The van der Waals surface area contributed by atoms with Gasteiger partial charge in [-0.05, 0) is 74.5 Å². The van der Waals surface area contributed by atoms with Crippen molar-refractivity contribution in [2.24, 2.45) is 5.92 Å². The Balaban J connectivity index is 1.26. The van der Waals surface area contributed by atoms with Crippen LogP contribution in [0.25, 0.3) is 0 Å². The number of methoxy groups -OCH3 is 1. The lowest BCUT2D eigenvalue weighted by Gasteiger charge is -2.32. The lowest BCUT2D eigenvalue weighted by molar-refractivity contribution is -0.121. The third-order valence-electron chi connectivity index (χ3n) is 5.76. The van der Waals surface area contributed by atoms with Crippen LogP contribution in [0.5, 0.6) is 11.5 Å². The van der Waals surface area contributed by atoms with Gasteiger partial charge in [0.15, 0.2) is 0 Å². The first-order valence-corrected chi connectivity index (χ1v) is 10.9. The molecule has 30 heavy (non-hydrogen) atoms. The van der Waals surface area contributed by atoms with Crippen molar-refractivity contribution in [3.8, 4) is 11.5 Å². The second-order valence-electron chi connectivity index (χ2n) is 8.09. The number of hydrogen-bond donors (Lipinski definition) is 1. The number of benzene rings is 2. The lowest BCUT2D eigenvalue weighted by atomic mass is 9.96. The minimum absolute atomic E-state index is 0.129. The number of carbonyl (C=O) groups is 1. The van der Waals surface area contributed by atoms with E-state index in [2.05, 4.69) is 22.3 Å². The summed E-state index contributed by atoms with van der Waals surface area (Å²) in [6, 6.07) is 16.3. The van der Waals surface area contributed by atoms with Crippen molar-refractivity contribution in [3.63, 3.8) is 0 Å². The van der Waals surface area contributed by atoms with Gasteiger partial charge in [-0.25, -0.2) is 0 Å². The fourth-order valence-corrected chi connectivity index (χ4v) is 3.82. The highest BCUT2D eigenvalue weighted by Gasteiger charge is 2.19. The molecule has 0 aliphatic carbocycles. The first kappa shape index (κ1) is 22.2. The molecule has 0 radical (unpaired) electrons. The van der Waals surface area contributed by atoms with Gasteiger partial charge in [-0.3, -0.25) is 9.69 Å². The van der Waals surface area contributed by atoms with Crippen molar-refractivity contribution in [2.45, 2.75) is 39.2 Å². The van der Waals surface area contributed by atoms with Crippen LogP contribution < -0.4 is 14.8 Å². The number of piperidine rings is 1. The van der Waals surface area contributed by atoms with Gasteiger partial charge in [0.2, 0.25) is 5.91 Å². The number of nitrogens with one attached hydrogen (secondary N) is 1. The third-order valence-corrected chi connectivity index (χ3v) is 5.76. The molecule has 0 saturated carbocycles. The van der Waals surface area contributed by atoms with Crippen LogP contribution in [0, 0.1) is 12.8 Å². The van der Waals surface area contributed by atoms with E-state index >= 15 is 0 Å². The van der Waals surface area contributed by atoms with Gasteiger partial charge >= 0.3 is 0 Å². The van der Waals surface area contributed by atoms with E-state index in [1.54, 1.807) is 7.11 Å². The van der Waals surface area contributed by atoms with Crippen molar-refractivity contribution in [1.82, 2.24) is 10.2 Å². The molecule has 1 saturated heterocycles. The zero-order valence-corrected chi connectivity index (χ0v) is 18.2. The quantitative estimate of drug-likeness (QED) is 0.597. The van der Waals surface area contributed by atoms with Gasteiger partial charge < -0.3 is 14.8 Å². The van der Waals surface area contributed by atoms with Crippen LogP contribution in [-0.4, -0.2) is 44.2 Å². The largest absolute Gasteiger partial charge is 0.497 e. The van der Waals surface area contributed by atoms with Crippen molar-refractivity contribution in [1.29, 1.82) is 0 Å². The highest BCUT2D eigenvalue weighted by Crippen LogP contribution is 2.20. The van der Waals surface area contributed by atoms with Crippen LogP contribution >= 0.6 is 0 Å². The van der Waals surface area contributed by atoms with Gasteiger partial charge in [0.05, 0.1) is 13.7 Å². The Labute approximate surface area is 180 Å². The first-order valence-electron chi connectivity index (χ1n) is 10.9. The molecule has 2 aromatic carbocycles. The van der Waals surface area contributed by atoms with E-state index in [1.807, 2.05) is 43.3 Å². The van der Waals surface area contributed by atoms with Crippen molar-refractivity contribution < 1.29 is 14.3 Å². The number of ether oxygens (including phenoxy) is 2. The molecular formula is C25H34N2O3. The maximum Gasteiger partial charge on any atom is 0.220 e. The van der Waals surface area contributed by atoms with E-state index in [0.29, 0.717) is 18.9 Å². The summed E-state index contributed by atoms with van der Waals surface area (Å²) in [7, 11) is 1.69. The summed E-state index contributed by atoms with van der Waals surface area (Å²) in [5.41, 5.74) is 2.44. The number of rotatable bonds is 10. The zero-order valence-electron chi connectivity index (χ0n) is 18.2. The summed E-state index contributed by atoms with van der Waals surface area (Å²) in [5, 5.41) is 3.11. The molecule has 162 valence electrons. The fourth-order valence-electron chi connectivity index (χ4n) is 3.82. The summed E-state index contributed by atoms with van der Waals surface area (Å²) in [6.07, 6.45) is 3.52. The zero-order chi connectivity index (χ0) is 21.2. The van der Waals surface area contributed by atoms with Crippen molar-refractivity contribution >= 4 is 5.91 Å². The Kier molecular flexibility index (Phi) is 8.57. The number of carbonyl (C=O) groups excluding carboxylic acids is 1. The molecule has 0 aromatic heterocycles. The molecule has 1 aliphatic rings. The standard InChI is InChI=1S/C25H34N2O3/c1-20-6-3-4-7-24(20)30-17-5-8-25(28)26-18-21-13-15-27(16-14-21)19-22-9-11-23(29-2)12-10-22/h3-4,6-7,9-12,21H,5,8,13-19H2,1-2H3,(H,26,28). The number of likely N-dealkylation sites (tertiary alicyclic amines) is 1. The van der Waals surface area contributed by atoms with Crippen LogP contribution in [0.3, 0.4) is 0 Å². The van der Waals surface area contributed by atoms with Gasteiger partial charge in [0.25, 0.3) is 0 Å². The maximum atomic E-state index is 12.1. The van der Waals surface area contributed by atoms with E-state index in [4.69, 9.17) is 9.47 Å². The summed E-state index contributed by atoms with van der Waals surface area (Å²) in [4.78, 5) is 14.6. The molecule has 0 unspecified atom stereocenters. The Bertz CT molecular complexity index is 783. The molecular weight excluding hydrogens is 376 g/mol. The van der Waals surface area contributed by atoms with Gasteiger partial charge in [-0.1, -0.05) is 30.3 Å². The number of para-hydroxylation sites is 1. The first-order chi connectivity index (χ1) is 14.6. The third kappa shape index (κ3) is 7.06. The topological polar surface area (TPSA) is 50.8 Å². The number of amides is 1. The van der Waals surface area contributed by atoms with Crippen molar-refractivity contribution in [3.05, 3.63) is 59.7 Å². The summed E-state index contributed by atoms with van der Waals surface area (Å²) >= 11 is 0. The number of aryl methyl sites for hydroxylation is 1. The molecule has 1 fully saturated rings. The van der Waals surface area contributed by atoms with Crippen LogP contribution in [0.15, 0.2) is 48.5 Å². The van der Waals surface area contributed by atoms with Gasteiger partial charge in [0, 0.05) is 19.5 Å². The molecule has 0 bridgehead atoms. The van der Waals surface area contributed by atoms with E-state index < -0.39 is 0 Å². The highest BCUT2D eigenvalue weighted by molar-refractivity contribution is 5.75. The predicted octanol–water partition coefficient (Wildman–Crippen LogP) is 4.19. The van der Waals surface area contributed by atoms with Crippen molar-refractivity contribution in [2.75, 3.05) is 33.4 Å². The minimum atomic E-state index is 0.129. The van der Waals surface area contributed by atoms with Gasteiger partial charge in [0.1, 0.15) is 11.5 Å². The van der Waals surface area contributed by atoms with Gasteiger partial charge in [-0.15, -0.1) is 0 Å². The normalized spacial score (nSPS) is 15.0. The number of nitrogens with zero attached hydrogens (tertiary/aromatic N) is 1. The minimum Gasteiger partial charge on any atom is -0.497 e. The Hall–Kier alpha value is -2.53. The smallest absolute Gasteiger partial charge is 0.220 e.